The number of nitrogens with one attached hydrogen (secondary N) is 2. The van der Waals surface area contributed by atoms with Crippen molar-refractivity contribution in [3.63, 3.8) is 0 Å². The molecular formula is C16H34N4S2. The lowest BCUT2D eigenvalue weighted by molar-refractivity contribution is 0.549. The predicted octanol–water partition coefficient (Wildman–Crippen LogP) is 4.92. The molecule has 22 heavy (non-hydrogen) atoms. The van der Waals surface area contributed by atoms with Crippen LogP contribution >= 0.6 is 23.5 Å². The molecule has 0 amide bonds. The van der Waals surface area contributed by atoms with Gasteiger partial charge in [-0.2, -0.15) is 0 Å². The first kappa shape index (κ1) is 21.6. The van der Waals surface area contributed by atoms with Gasteiger partial charge in [-0.1, -0.05) is 87.7 Å². The van der Waals surface area contributed by atoms with Crippen molar-refractivity contribution in [3.05, 3.63) is 0 Å². The highest BCUT2D eigenvalue weighted by Gasteiger charge is 1.96. The van der Waals surface area contributed by atoms with Gasteiger partial charge in [0.2, 0.25) is 0 Å². The van der Waals surface area contributed by atoms with Crippen LogP contribution in [0.2, 0.25) is 0 Å². The maximum atomic E-state index is 7.11. The van der Waals surface area contributed by atoms with E-state index in [2.05, 4.69) is 0 Å². The maximum Gasteiger partial charge on any atom is 0.151 e. The van der Waals surface area contributed by atoms with E-state index in [4.69, 9.17) is 22.3 Å². The second kappa shape index (κ2) is 17.0. The summed E-state index contributed by atoms with van der Waals surface area (Å²) in [4.78, 5) is 0. The molecule has 0 heterocycles. The Kier molecular flexibility index (Phi) is 16.7. The van der Waals surface area contributed by atoms with Crippen LogP contribution in [0, 0.1) is 10.8 Å². The smallest absolute Gasteiger partial charge is 0.151 e. The average Bonchev–Trinajstić information content (AvgIpc) is 2.46. The van der Waals surface area contributed by atoms with Crippen LogP contribution in [0.15, 0.2) is 0 Å². The normalized spacial score (nSPS) is 10.7. The van der Waals surface area contributed by atoms with Crippen molar-refractivity contribution >= 4 is 33.9 Å². The third-order valence-electron chi connectivity index (χ3n) is 3.55. The molecule has 0 aromatic heterocycles. The molecule has 0 unspecified atom stereocenters. The van der Waals surface area contributed by atoms with Crippen LogP contribution in [0.4, 0.5) is 0 Å². The fraction of sp³-hybridized carbons (Fsp3) is 0.875. The van der Waals surface area contributed by atoms with Gasteiger partial charge < -0.3 is 11.5 Å². The van der Waals surface area contributed by atoms with E-state index in [-0.39, 0.29) is 10.3 Å². The minimum atomic E-state index is 0.248. The first-order valence-electron chi connectivity index (χ1n) is 8.56. The second-order valence-corrected chi connectivity index (χ2v) is 7.94. The monoisotopic (exact) mass is 346 g/mol. The Labute approximate surface area is 145 Å². The standard InChI is InChI=1S/C16H34N4S2/c17-15(18)21-13-11-9-7-5-3-1-2-4-6-8-10-12-14-22-16(19)20/h1-14H2,(H3,17,18)(H3,19,20). The van der Waals surface area contributed by atoms with E-state index in [1.54, 1.807) is 0 Å². The molecule has 0 aromatic carbocycles. The number of thioether (sulfide) groups is 2. The molecule has 0 aliphatic heterocycles. The molecule has 0 radical (unpaired) electrons. The molecule has 0 bridgehead atoms. The number of hydrogen-bond acceptors (Lipinski definition) is 4. The summed E-state index contributed by atoms with van der Waals surface area (Å²) in [6, 6.07) is 0. The second-order valence-electron chi connectivity index (χ2n) is 5.67. The first-order valence-corrected chi connectivity index (χ1v) is 10.5. The minimum Gasteiger partial charge on any atom is -0.379 e. The Morgan fingerprint density at radius 1 is 0.500 bits per heavy atom. The van der Waals surface area contributed by atoms with Crippen molar-refractivity contribution in [1.82, 2.24) is 0 Å². The van der Waals surface area contributed by atoms with Gasteiger partial charge in [0.25, 0.3) is 0 Å². The van der Waals surface area contributed by atoms with Gasteiger partial charge in [-0.15, -0.1) is 0 Å². The molecular weight excluding hydrogens is 312 g/mol. The Bertz CT molecular complexity index is 257. The number of hydrogen-bond donors (Lipinski definition) is 4. The highest BCUT2D eigenvalue weighted by molar-refractivity contribution is 8.13. The van der Waals surface area contributed by atoms with Crippen molar-refractivity contribution in [2.75, 3.05) is 11.5 Å². The van der Waals surface area contributed by atoms with Gasteiger partial charge in [-0.3, -0.25) is 10.8 Å². The van der Waals surface area contributed by atoms with E-state index < -0.39 is 0 Å². The van der Waals surface area contributed by atoms with Gasteiger partial charge in [0.05, 0.1) is 0 Å². The zero-order valence-corrected chi connectivity index (χ0v) is 15.5. The molecule has 6 N–H and O–H groups in total. The molecule has 0 aliphatic rings. The lowest BCUT2D eigenvalue weighted by Gasteiger charge is -2.03. The van der Waals surface area contributed by atoms with Crippen molar-refractivity contribution in [3.8, 4) is 0 Å². The first-order chi connectivity index (χ1) is 10.6. The zero-order chi connectivity index (χ0) is 16.5. The molecule has 0 spiro atoms. The van der Waals surface area contributed by atoms with Crippen LogP contribution in [0.3, 0.4) is 0 Å². The predicted molar refractivity (Wildman–Crippen MR) is 104 cm³/mol. The van der Waals surface area contributed by atoms with Crippen LogP contribution < -0.4 is 11.5 Å². The third-order valence-corrected chi connectivity index (χ3v) is 5.16. The number of amidine groups is 2. The third kappa shape index (κ3) is 19.6. The molecule has 6 heteroatoms. The van der Waals surface area contributed by atoms with Gasteiger partial charge >= 0.3 is 0 Å². The van der Waals surface area contributed by atoms with Crippen molar-refractivity contribution < 1.29 is 0 Å². The average molecular weight is 347 g/mol. The maximum absolute atomic E-state index is 7.11. The number of unbranched alkanes of at least 4 members (excludes halogenated alkanes) is 11. The summed E-state index contributed by atoms with van der Waals surface area (Å²) in [5.41, 5.74) is 10.6. The lowest BCUT2D eigenvalue weighted by atomic mass is 10.1. The van der Waals surface area contributed by atoms with Crippen molar-refractivity contribution in [1.29, 1.82) is 10.8 Å². The van der Waals surface area contributed by atoms with E-state index in [0.29, 0.717) is 0 Å². The van der Waals surface area contributed by atoms with Crippen LogP contribution in [0.25, 0.3) is 0 Å². The molecule has 0 saturated carbocycles. The molecule has 130 valence electrons. The van der Waals surface area contributed by atoms with Gasteiger partial charge in [-0.05, 0) is 12.8 Å². The number of nitrogens with two attached hydrogens (primary N) is 2. The van der Waals surface area contributed by atoms with Gasteiger partial charge in [0.15, 0.2) is 10.3 Å². The Balaban J connectivity index is 2.99. The molecule has 4 nitrogen and oxygen atoms in total. The van der Waals surface area contributed by atoms with E-state index in [0.717, 1.165) is 11.5 Å². The van der Waals surface area contributed by atoms with Crippen molar-refractivity contribution in [2.45, 2.75) is 77.0 Å². The Morgan fingerprint density at radius 3 is 0.955 bits per heavy atom. The summed E-state index contributed by atoms with van der Waals surface area (Å²) in [7, 11) is 0. The summed E-state index contributed by atoms with van der Waals surface area (Å²) in [6.45, 7) is 0. The van der Waals surface area contributed by atoms with E-state index in [1.165, 1.54) is 101 Å². The topological polar surface area (TPSA) is 99.7 Å². The number of rotatable bonds is 15. The molecule has 0 atom stereocenters. The molecule has 0 aliphatic carbocycles. The van der Waals surface area contributed by atoms with Crippen LogP contribution in [0.5, 0.6) is 0 Å². The Hall–Kier alpha value is -0.360. The minimum absolute atomic E-state index is 0.248. The molecule has 0 fully saturated rings. The summed E-state index contributed by atoms with van der Waals surface area (Å²) in [5, 5.41) is 14.7. The highest BCUT2D eigenvalue weighted by atomic mass is 32.2. The zero-order valence-electron chi connectivity index (χ0n) is 13.9. The van der Waals surface area contributed by atoms with Crippen LogP contribution in [-0.2, 0) is 0 Å². The van der Waals surface area contributed by atoms with E-state index >= 15 is 0 Å². The van der Waals surface area contributed by atoms with Crippen LogP contribution in [-0.4, -0.2) is 21.8 Å². The van der Waals surface area contributed by atoms with Gasteiger partial charge in [0.1, 0.15) is 0 Å². The van der Waals surface area contributed by atoms with Crippen molar-refractivity contribution in [2.24, 2.45) is 11.5 Å². The van der Waals surface area contributed by atoms with E-state index in [9.17, 15) is 0 Å². The fourth-order valence-corrected chi connectivity index (χ4v) is 3.47. The van der Waals surface area contributed by atoms with Gasteiger partial charge in [0, 0.05) is 11.5 Å². The summed E-state index contributed by atoms with van der Waals surface area (Å²) >= 11 is 2.92. The largest absolute Gasteiger partial charge is 0.379 e. The van der Waals surface area contributed by atoms with Crippen LogP contribution in [0.1, 0.15) is 77.0 Å². The highest BCUT2D eigenvalue weighted by Crippen LogP contribution is 2.13. The fourth-order valence-electron chi connectivity index (χ4n) is 2.34. The van der Waals surface area contributed by atoms with E-state index in [1.807, 2.05) is 0 Å². The molecule has 0 rings (SSSR count). The lowest BCUT2D eigenvalue weighted by Crippen LogP contribution is -2.04. The summed E-state index contributed by atoms with van der Waals surface area (Å²) < 4.78 is 0. The molecule has 0 aromatic rings. The Morgan fingerprint density at radius 2 is 0.727 bits per heavy atom. The van der Waals surface area contributed by atoms with Gasteiger partial charge in [-0.25, -0.2) is 0 Å². The SMILES string of the molecule is N=C(N)SCCCCCCCCCCCCCCSC(=N)N. The molecule has 0 saturated heterocycles. The summed E-state index contributed by atoms with van der Waals surface area (Å²) in [5.74, 6) is 2.00. The summed E-state index contributed by atoms with van der Waals surface area (Å²) in [6.07, 6.45) is 15.8. The quantitative estimate of drug-likeness (QED) is 0.192.